The summed E-state index contributed by atoms with van der Waals surface area (Å²) in [6.07, 6.45) is 4.31. The van der Waals surface area contributed by atoms with E-state index in [1.165, 1.54) is 15.4 Å². The molecule has 2 aromatic rings. The number of nitrogens with one attached hydrogen (secondary N) is 2. The molecule has 30 heavy (non-hydrogen) atoms. The molecule has 8 nitrogen and oxygen atoms in total. The molecule has 0 bridgehead atoms. The average molecular weight is 431 g/mol. The van der Waals surface area contributed by atoms with E-state index in [0.29, 0.717) is 25.1 Å². The molecule has 1 spiro atoms. The fourth-order valence-corrected chi connectivity index (χ4v) is 6.65. The lowest BCUT2D eigenvalue weighted by Gasteiger charge is -2.46. The van der Waals surface area contributed by atoms with E-state index < -0.39 is 10.0 Å². The Balaban J connectivity index is 1.30. The highest BCUT2D eigenvalue weighted by Crippen LogP contribution is 2.42. The highest BCUT2D eigenvalue weighted by Gasteiger charge is 2.52. The number of fused-ring (bicyclic) bond motifs is 1. The van der Waals surface area contributed by atoms with Crippen molar-refractivity contribution in [3.63, 3.8) is 0 Å². The van der Waals surface area contributed by atoms with Crippen LogP contribution in [0.15, 0.2) is 17.3 Å². The molecule has 2 aliphatic heterocycles. The van der Waals surface area contributed by atoms with Gasteiger partial charge in [-0.2, -0.15) is 9.29 Å². The summed E-state index contributed by atoms with van der Waals surface area (Å²) in [5.74, 6) is 0.305. The van der Waals surface area contributed by atoms with E-state index >= 15 is 0 Å². The van der Waals surface area contributed by atoms with Crippen molar-refractivity contribution in [2.24, 2.45) is 5.41 Å². The van der Waals surface area contributed by atoms with Gasteiger partial charge in [0.05, 0.1) is 0 Å². The number of nitrogens with zero attached hydrogens (tertiary/aromatic N) is 4. The second-order valence-electron chi connectivity index (χ2n) is 9.43. The lowest BCUT2D eigenvalue weighted by Crippen LogP contribution is -2.59. The number of sulfonamides is 1. The summed E-state index contributed by atoms with van der Waals surface area (Å²) in [6.45, 7) is 9.58. The monoisotopic (exact) mass is 430 g/mol. The Morgan fingerprint density at radius 2 is 2.00 bits per heavy atom. The minimum Gasteiger partial charge on any atom is -0.322 e. The quantitative estimate of drug-likeness (QED) is 0.757. The predicted octanol–water partition coefficient (Wildman–Crippen LogP) is 2.45. The lowest BCUT2D eigenvalue weighted by atomic mass is 9.81. The molecular formula is C21H30N6O2S. The molecule has 162 valence electrons. The third-order valence-corrected chi connectivity index (χ3v) is 8.61. The van der Waals surface area contributed by atoms with Crippen molar-refractivity contribution in [1.82, 2.24) is 24.4 Å². The zero-order valence-corrected chi connectivity index (χ0v) is 18.7. The number of likely N-dealkylation sites (tertiary alicyclic amines) is 1. The van der Waals surface area contributed by atoms with Gasteiger partial charge < -0.3 is 10.2 Å². The van der Waals surface area contributed by atoms with Gasteiger partial charge in [-0.3, -0.25) is 0 Å². The van der Waals surface area contributed by atoms with Gasteiger partial charge in [-0.25, -0.2) is 13.5 Å². The average Bonchev–Trinajstić information content (AvgIpc) is 3.41. The molecule has 2 N–H and O–H groups in total. The summed E-state index contributed by atoms with van der Waals surface area (Å²) in [6, 6.07) is 4.78. The molecule has 1 aliphatic carbocycles. The predicted molar refractivity (Wildman–Crippen MR) is 115 cm³/mol. The van der Waals surface area contributed by atoms with Gasteiger partial charge in [0.1, 0.15) is 0 Å². The van der Waals surface area contributed by atoms with Gasteiger partial charge in [0.2, 0.25) is 5.95 Å². The first-order chi connectivity index (χ1) is 14.3. The SMILES string of the molecule is Cc1ccc2c(c1Nc1n[nH]c(S(=O)(=O)N3CC4(CCN(C(C)C)C4)C3)n1)CCC2. The van der Waals surface area contributed by atoms with Crippen LogP contribution in [0.2, 0.25) is 0 Å². The standard InChI is InChI=1S/C21H30N6O2S/c1-14(2)26-10-9-21(11-26)12-27(13-21)30(28,29)20-23-19(24-25-20)22-18-15(3)7-8-16-5-4-6-17(16)18/h7-8,14H,4-6,9-13H2,1-3H3,(H2,22,23,24,25). The molecule has 2 fully saturated rings. The van der Waals surface area contributed by atoms with Crippen molar-refractivity contribution in [2.45, 2.75) is 57.7 Å². The van der Waals surface area contributed by atoms with Crippen molar-refractivity contribution < 1.29 is 8.42 Å². The van der Waals surface area contributed by atoms with Gasteiger partial charge in [0, 0.05) is 36.8 Å². The number of aromatic nitrogens is 3. The van der Waals surface area contributed by atoms with Crippen molar-refractivity contribution in [2.75, 3.05) is 31.5 Å². The van der Waals surface area contributed by atoms with Crippen LogP contribution in [-0.2, 0) is 22.9 Å². The van der Waals surface area contributed by atoms with E-state index in [1.807, 2.05) is 6.92 Å². The highest BCUT2D eigenvalue weighted by atomic mass is 32.2. The zero-order valence-electron chi connectivity index (χ0n) is 17.9. The first-order valence-electron chi connectivity index (χ1n) is 10.8. The Morgan fingerprint density at radius 3 is 2.73 bits per heavy atom. The Hall–Kier alpha value is -1.97. The molecule has 5 rings (SSSR count). The molecule has 2 saturated heterocycles. The topological polar surface area (TPSA) is 94.2 Å². The zero-order chi connectivity index (χ0) is 21.1. The van der Waals surface area contributed by atoms with Gasteiger partial charge >= 0.3 is 0 Å². The Morgan fingerprint density at radius 1 is 1.20 bits per heavy atom. The van der Waals surface area contributed by atoms with E-state index in [-0.39, 0.29) is 10.6 Å². The summed E-state index contributed by atoms with van der Waals surface area (Å²) in [5.41, 5.74) is 4.87. The van der Waals surface area contributed by atoms with Crippen LogP contribution in [-0.4, -0.2) is 65.0 Å². The molecule has 0 saturated carbocycles. The summed E-state index contributed by atoms with van der Waals surface area (Å²) >= 11 is 0. The maximum atomic E-state index is 13.0. The molecule has 0 amide bonds. The van der Waals surface area contributed by atoms with Crippen LogP contribution in [0.5, 0.6) is 0 Å². The van der Waals surface area contributed by atoms with Gasteiger partial charge in [-0.05, 0) is 69.7 Å². The summed E-state index contributed by atoms with van der Waals surface area (Å²) in [5, 5.41) is 9.98. The molecule has 0 radical (unpaired) electrons. The smallest absolute Gasteiger partial charge is 0.278 e. The fraction of sp³-hybridized carbons (Fsp3) is 0.619. The number of anilines is 2. The lowest BCUT2D eigenvalue weighted by molar-refractivity contribution is 0.0731. The largest absolute Gasteiger partial charge is 0.322 e. The van der Waals surface area contributed by atoms with Crippen molar-refractivity contribution >= 4 is 21.7 Å². The molecule has 3 heterocycles. The molecule has 1 aromatic carbocycles. The number of H-pyrrole nitrogens is 1. The van der Waals surface area contributed by atoms with Crippen molar-refractivity contribution in [1.29, 1.82) is 0 Å². The van der Waals surface area contributed by atoms with Gasteiger partial charge in [-0.1, -0.05) is 12.1 Å². The summed E-state index contributed by atoms with van der Waals surface area (Å²) < 4.78 is 27.6. The third-order valence-electron chi connectivity index (χ3n) is 7.00. The number of benzene rings is 1. The number of rotatable bonds is 5. The van der Waals surface area contributed by atoms with Crippen LogP contribution in [0.4, 0.5) is 11.6 Å². The molecule has 1 aromatic heterocycles. The number of aryl methyl sites for hydroxylation is 2. The Kier molecular flexibility index (Phi) is 4.68. The normalized spacial score (nSPS) is 21.3. The van der Waals surface area contributed by atoms with E-state index in [2.05, 4.69) is 51.4 Å². The van der Waals surface area contributed by atoms with Crippen LogP contribution in [0.3, 0.4) is 0 Å². The Labute approximate surface area is 178 Å². The fourth-order valence-electron chi connectivity index (χ4n) is 5.15. The first-order valence-corrected chi connectivity index (χ1v) is 12.3. The van der Waals surface area contributed by atoms with E-state index in [9.17, 15) is 8.42 Å². The van der Waals surface area contributed by atoms with E-state index in [4.69, 9.17) is 0 Å². The van der Waals surface area contributed by atoms with Crippen LogP contribution < -0.4 is 5.32 Å². The van der Waals surface area contributed by atoms with Gasteiger partial charge in [0.15, 0.2) is 0 Å². The van der Waals surface area contributed by atoms with Crippen LogP contribution in [0, 0.1) is 12.3 Å². The number of aromatic amines is 1. The summed E-state index contributed by atoms with van der Waals surface area (Å²) in [7, 11) is -3.65. The van der Waals surface area contributed by atoms with Crippen LogP contribution in [0.25, 0.3) is 0 Å². The Bertz CT molecular complexity index is 1070. The second-order valence-corrected chi connectivity index (χ2v) is 11.3. The maximum Gasteiger partial charge on any atom is 0.278 e. The van der Waals surface area contributed by atoms with Crippen LogP contribution in [0.1, 0.15) is 43.4 Å². The van der Waals surface area contributed by atoms with E-state index in [1.54, 1.807) is 0 Å². The number of hydrogen-bond acceptors (Lipinski definition) is 6. The first kappa shape index (κ1) is 20.0. The second kappa shape index (κ2) is 7.03. The number of hydrogen-bond donors (Lipinski definition) is 2. The van der Waals surface area contributed by atoms with Crippen LogP contribution >= 0.6 is 0 Å². The molecule has 9 heteroatoms. The van der Waals surface area contributed by atoms with Gasteiger partial charge in [0.25, 0.3) is 15.2 Å². The summed E-state index contributed by atoms with van der Waals surface area (Å²) in [4.78, 5) is 6.72. The van der Waals surface area contributed by atoms with Gasteiger partial charge in [-0.15, -0.1) is 5.10 Å². The van der Waals surface area contributed by atoms with E-state index in [0.717, 1.165) is 50.0 Å². The molecule has 0 unspecified atom stereocenters. The van der Waals surface area contributed by atoms with Crippen molar-refractivity contribution in [3.05, 3.63) is 28.8 Å². The van der Waals surface area contributed by atoms with Crippen molar-refractivity contribution in [3.8, 4) is 0 Å². The molecular weight excluding hydrogens is 400 g/mol. The third kappa shape index (κ3) is 3.23. The molecule has 3 aliphatic rings. The highest BCUT2D eigenvalue weighted by molar-refractivity contribution is 7.89. The minimum atomic E-state index is -3.65. The maximum absolute atomic E-state index is 13.0. The molecule has 0 atom stereocenters. The minimum absolute atomic E-state index is 0.0798.